The molecule has 1 unspecified atom stereocenters. The molecule has 0 aromatic heterocycles. The lowest BCUT2D eigenvalue weighted by Crippen LogP contribution is -2.25. The number of nitrogens with one attached hydrogen (secondary N) is 1. The van der Waals surface area contributed by atoms with Crippen LogP contribution in [-0.2, 0) is 20.1 Å². The summed E-state index contributed by atoms with van der Waals surface area (Å²) in [4.78, 5) is 12.5. The molecule has 6 heteroatoms. The maximum atomic E-state index is 12.5. The Balaban J connectivity index is 1.67. The molecule has 1 saturated heterocycles. The first kappa shape index (κ1) is 18.7. The van der Waals surface area contributed by atoms with E-state index in [1.807, 2.05) is 50.2 Å². The highest BCUT2D eigenvalue weighted by molar-refractivity contribution is 6.17. The highest BCUT2D eigenvalue weighted by Gasteiger charge is 2.33. The Labute approximate surface area is 158 Å². The average Bonchev–Trinajstić information content (AvgIpc) is 2.99. The van der Waals surface area contributed by atoms with Gasteiger partial charge in [0.2, 0.25) is 0 Å². The standard InChI is InChI=1S/C20H22ClNO4/c1-20(2)25-13-16(26-20)12-24-19(23)17-8-3-4-9-18(17)22-15-7-5-6-14(10-15)11-21/h3-10,16,22H,11-13H2,1-2H3. The van der Waals surface area contributed by atoms with Gasteiger partial charge < -0.3 is 19.5 Å². The Morgan fingerprint density at radius 3 is 2.81 bits per heavy atom. The van der Waals surface area contributed by atoms with Gasteiger partial charge in [0, 0.05) is 11.6 Å². The van der Waals surface area contributed by atoms with Crippen LogP contribution in [0.5, 0.6) is 0 Å². The third kappa shape index (κ3) is 4.75. The number of carbonyl (C=O) groups excluding carboxylic acids is 1. The zero-order chi connectivity index (χ0) is 18.6. The Kier molecular flexibility index (Phi) is 5.81. The molecular formula is C20H22ClNO4. The number of esters is 1. The van der Waals surface area contributed by atoms with E-state index in [0.717, 1.165) is 11.3 Å². The number of alkyl halides is 1. The van der Waals surface area contributed by atoms with Gasteiger partial charge in [-0.3, -0.25) is 0 Å². The highest BCUT2D eigenvalue weighted by atomic mass is 35.5. The Morgan fingerprint density at radius 1 is 1.27 bits per heavy atom. The summed E-state index contributed by atoms with van der Waals surface area (Å²) in [6.07, 6.45) is -0.255. The molecule has 26 heavy (non-hydrogen) atoms. The quantitative estimate of drug-likeness (QED) is 0.596. The number of benzene rings is 2. The summed E-state index contributed by atoms with van der Waals surface area (Å²) in [7, 11) is 0. The Hall–Kier alpha value is -2.08. The van der Waals surface area contributed by atoms with Crippen LogP contribution in [0.4, 0.5) is 11.4 Å². The van der Waals surface area contributed by atoms with Crippen LogP contribution in [-0.4, -0.2) is 31.1 Å². The molecule has 0 aliphatic carbocycles. The SMILES string of the molecule is CC1(C)OCC(COC(=O)c2ccccc2Nc2cccc(CCl)c2)O1. The van der Waals surface area contributed by atoms with Crippen LogP contribution < -0.4 is 5.32 Å². The molecular weight excluding hydrogens is 354 g/mol. The number of ether oxygens (including phenoxy) is 3. The lowest BCUT2D eigenvalue weighted by molar-refractivity contribution is -0.142. The zero-order valence-electron chi connectivity index (χ0n) is 14.8. The maximum absolute atomic E-state index is 12.5. The van der Waals surface area contributed by atoms with Crippen molar-refractivity contribution in [2.75, 3.05) is 18.5 Å². The summed E-state index contributed by atoms with van der Waals surface area (Å²) < 4.78 is 16.6. The van der Waals surface area contributed by atoms with Gasteiger partial charge in [-0.25, -0.2) is 4.79 Å². The van der Waals surface area contributed by atoms with Crippen molar-refractivity contribution in [3.8, 4) is 0 Å². The van der Waals surface area contributed by atoms with Crippen molar-refractivity contribution in [1.29, 1.82) is 0 Å². The molecule has 3 rings (SSSR count). The molecule has 0 amide bonds. The van der Waals surface area contributed by atoms with E-state index in [-0.39, 0.29) is 12.7 Å². The van der Waals surface area contributed by atoms with E-state index < -0.39 is 11.8 Å². The average molecular weight is 376 g/mol. The monoisotopic (exact) mass is 375 g/mol. The first-order valence-electron chi connectivity index (χ1n) is 8.47. The van der Waals surface area contributed by atoms with Crippen LogP contribution in [0.15, 0.2) is 48.5 Å². The minimum absolute atomic E-state index is 0.151. The fourth-order valence-corrected chi connectivity index (χ4v) is 2.92. The van der Waals surface area contributed by atoms with E-state index in [0.29, 0.717) is 23.7 Å². The summed E-state index contributed by atoms with van der Waals surface area (Å²) in [5.74, 6) is -0.613. The van der Waals surface area contributed by atoms with Crippen LogP contribution >= 0.6 is 11.6 Å². The number of rotatable bonds is 6. The van der Waals surface area contributed by atoms with Gasteiger partial charge in [-0.2, -0.15) is 0 Å². The van der Waals surface area contributed by atoms with E-state index >= 15 is 0 Å². The molecule has 1 aliphatic rings. The minimum Gasteiger partial charge on any atom is -0.459 e. The maximum Gasteiger partial charge on any atom is 0.340 e. The van der Waals surface area contributed by atoms with Gasteiger partial charge in [0.25, 0.3) is 0 Å². The molecule has 1 atom stereocenters. The summed E-state index contributed by atoms with van der Waals surface area (Å²) in [5.41, 5.74) is 2.99. The molecule has 138 valence electrons. The number of carbonyl (C=O) groups is 1. The first-order chi connectivity index (χ1) is 12.5. The van der Waals surface area contributed by atoms with Crippen LogP contribution in [0, 0.1) is 0 Å². The fraction of sp³-hybridized carbons (Fsp3) is 0.350. The molecule has 1 aliphatic heterocycles. The van der Waals surface area contributed by atoms with Crippen LogP contribution in [0.3, 0.4) is 0 Å². The highest BCUT2D eigenvalue weighted by Crippen LogP contribution is 2.25. The van der Waals surface area contributed by atoms with Crippen molar-refractivity contribution in [3.05, 3.63) is 59.7 Å². The van der Waals surface area contributed by atoms with Gasteiger partial charge in [0.05, 0.1) is 17.9 Å². The third-order valence-corrected chi connectivity index (χ3v) is 4.28. The van der Waals surface area contributed by atoms with Crippen molar-refractivity contribution < 1.29 is 19.0 Å². The van der Waals surface area contributed by atoms with E-state index in [1.54, 1.807) is 12.1 Å². The molecule has 2 aromatic carbocycles. The van der Waals surface area contributed by atoms with Crippen LogP contribution in [0.25, 0.3) is 0 Å². The largest absolute Gasteiger partial charge is 0.459 e. The molecule has 0 spiro atoms. The van der Waals surface area contributed by atoms with Crippen molar-refractivity contribution in [1.82, 2.24) is 0 Å². The normalized spacial score (nSPS) is 18.5. The molecule has 1 heterocycles. The predicted octanol–water partition coefficient (Wildman–Crippen LogP) is 4.48. The molecule has 5 nitrogen and oxygen atoms in total. The molecule has 1 N–H and O–H groups in total. The summed E-state index contributed by atoms with van der Waals surface area (Å²) in [6, 6.07) is 15.0. The predicted molar refractivity (Wildman–Crippen MR) is 101 cm³/mol. The van der Waals surface area contributed by atoms with E-state index in [2.05, 4.69) is 5.32 Å². The second kappa shape index (κ2) is 8.08. The van der Waals surface area contributed by atoms with E-state index in [4.69, 9.17) is 25.8 Å². The second-order valence-corrected chi connectivity index (χ2v) is 6.82. The third-order valence-electron chi connectivity index (χ3n) is 3.97. The molecule has 1 fully saturated rings. The van der Waals surface area contributed by atoms with E-state index in [1.165, 1.54) is 0 Å². The van der Waals surface area contributed by atoms with Gasteiger partial charge >= 0.3 is 5.97 Å². The Morgan fingerprint density at radius 2 is 2.08 bits per heavy atom. The molecule has 0 radical (unpaired) electrons. The Bertz CT molecular complexity index is 778. The van der Waals surface area contributed by atoms with Crippen molar-refractivity contribution in [2.45, 2.75) is 31.6 Å². The van der Waals surface area contributed by atoms with E-state index in [9.17, 15) is 4.79 Å². The molecule has 0 bridgehead atoms. The molecule has 0 saturated carbocycles. The van der Waals surface area contributed by atoms with Gasteiger partial charge in [-0.1, -0.05) is 24.3 Å². The minimum atomic E-state index is -0.635. The zero-order valence-corrected chi connectivity index (χ0v) is 15.6. The number of hydrogen-bond acceptors (Lipinski definition) is 5. The summed E-state index contributed by atoms with van der Waals surface area (Å²) in [6.45, 7) is 4.23. The van der Waals surface area contributed by atoms with Crippen molar-refractivity contribution in [3.63, 3.8) is 0 Å². The number of halogens is 1. The lowest BCUT2D eigenvalue weighted by atomic mass is 10.1. The first-order valence-corrected chi connectivity index (χ1v) is 9.00. The van der Waals surface area contributed by atoms with Gasteiger partial charge in [0.1, 0.15) is 12.7 Å². The second-order valence-electron chi connectivity index (χ2n) is 6.55. The number of hydrogen-bond donors (Lipinski definition) is 1. The lowest BCUT2D eigenvalue weighted by Gasteiger charge is -2.17. The van der Waals surface area contributed by atoms with Crippen LogP contribution in [0.2, 0.25) is 0 Å². The van der Waals surface area contributed by atoms with Gasteiger partial charge in [0.15, 0.2) is 5.79 Å². The van der Waals surface area contributed by atoms with Gasteiger partial charge in [-0.15, -0.1) is 11.6 Å². The number of para-hydroxylation sites is 1. The topological polar surface area (TPSA) is 56.8 Å². The van der Waals surface area contributed by atoms with Gasteiger partial charge in [-0.05, 0) is 43.7 Å². The fourth-order valence-electron chi connectivity index (χ4n) is 2.75. The molecule has 2 aromatic rings. The van der Waals surface area contributed by atoms with Crippen molar-refractivity contribution in [2.24, 2.45) is 0 Å². The number of anilines is 2. The van der Waals surface area contributed by atoms with Crippen molar-refractivity contribution >= 4 is 28.9 Å². The smallest absolute Gasteiger partial charge is 0.340 e. The summed E-state index contributed by atoms with van der Waals surface area (Å²) >= 11 is 5.88. The van der Waals surface area contributed by atoms with Crippen LogP contribution in [0.1, 0.15) is 29.8 Å². The summed E-state index contributed by atoms with van der Waals surface area (Å²) in [5, 5.41) is 3.25.